The monoisotopic (exact) mass is 236 g/mol. The van der Waals surface area contributed by atoms with Gasteiger partial charge in [-0.25, -0.2) is 0 Å². The van der Waals surface area contributed by atoms with E-state index in [0.29, 0.717) is 17.1 Å². The molecule has 0 aromatic carbocycles. The first-order chi connectivity index (χ1) is 7.98. The Kier molecular flexibility index (Phi) is 3.95. The van der Waals surface area contributed by atoms with Gasteiger partial charge in [-0.15, -0.1) is 0 Å². The number of rotatable bonds is 1. The zero-order valence-electron chi connectivity index (χ0n) is 11.8. The lowest BCUT2D eigenvalue weighted by molar-refractivity contribution is -0.127. The fourth-order valence-corrected chi connectivity index (χ4v) is 3.90. The Hall–Kier alpha value is -0.330. The highest BCUT2D eigenvalue weighted by atomic mass is 16.1. The van der Waals surface area contributed by atoms with Gasteiger partial charge in [-0.05, 0) is 55.8 Å². The van der Waals surface area contributed by atoms with Crippen molar-refractivity contribution in [2.75, 3.05) is 0 Å². The van der Waals surface area contributed by atoms with E-state index >= 15 is 0 Å². The quantitative estimate of drug-likeness (QED) is 0.650. The lowest BCUT2D eigenvalue weighted by Gasteiger charge is -2.40. The van der Waals surface area contributed by atoms with Crippen LogP contribution in [0.3, 0.4) is 0 Å². The van der Waals surface area contributed by atoms with E-state index in [2.05, 4.69) is 20.8 Å². The Morgan fingerprint density at radius 3 is 2.12 bits per heavy atom. The highest BCUT2D eigenvalue weighted by molar-refractivity contribution is 5.81. The number of carbonyl (C=O) groups is 1. The molecule has 0 spiro atoms. The molecule has 0 aromatic heterocycles. The summed E-state index contributed by atoms with van der Waals surface area (Å²) in [5.41, 5.74) is 0.460. The average Bonchev–Trinajstić information content (AvgIpc) is 2.29. The van der Waals surface area contributed by atoms with E-state index in [0.717, 1.165) is 24.7 Å². The third-order valence-corrected chi connectivity index (χ3v) is 5.17. The van der Waals surface area contributed by atoms with Crippen molar-refractivity contribution in [2.45, 2.75) is 72.1 Å². The Balaban J connectivity index is 1.88. The minimum Gasteiger partial charge on any atom is -0.299 e. The fourth-order valence-electron chi connectivity index (χ4n) is 3.90. The van der Waals surface area contributed by atoms with Gasteiger partial charge in [0.15, 0.2) is 0 Å². The van der Waals surface area contributed by atoms with Gasteiger partial charge >= 0.3 is 0 Å². The molecule has 1 atom stereocenters. The summed E-state index contributed by atoms with van der Waals surface area (Å²) in [5.74, 6) is 2.61. The number of ketones is 1. The van der Waals surface area contributed by atoms with Crippen LogP contribution in [0.4, 0.5) is 0 Å². The number of Topliss-reactive ketones (excluding diaryl/α,β-unsaturated/α-hetero) is 1. The van der Waals surface area contributed by atoms with Crippen LogP contribution in [0.2, 0.25) is 0 Å². The zero-order valence-corrected chi connectivity index (χ0v) is 11.8. The molecular weight excluding hydrogens is 208 g/mol. The number of carbonyl (C=O) groups excluding carboxylic acids is 1. The molecule has 0 heterocycles. The zero-order chi connectivity index (χ0) is 12.5. The largest absolute Gasteiger partial charge is 0.299 e. The van der Waals surface area contributed by atoms with E-state index in [1.165, 1.54) is 38.5 Å². The Bertz CT molecular complexity index is 266. The molecule has 0 amide bonds. The van der Waals surface area contributed by atoms with Crippen LogP contribution in [0.15, 0.2) is 0 Å². The summed E-state index contributed by atoms with van der Waals surface area (Å²) in [6.45, 7) is 7.09. The molecule has 2 rings (SSSR count). The maximum Gasteiger partial charge on any atom is 0.136 e. The first kappa shape index (κ1) is 13.1. The van der Waals surface area contributed by atoms with Crippen LogP contribution in [-0.2, 0) is 4.79 Å². The van der Waals surface area contributed by atoms with Gasteiger partial charge in [0.05, 0.1) is 0 Å². The Morgan fingerprint density at radius 1 is 0.941 bits per heavy atom. The summed E-state index contributed by atoms with van der Waals surface area (Å²) in [4.78, 5) is 12.0. The van der Waals surface area contributed by atoms with Gasteiger partial charge in [-0.1, -0.05) is 27.2 Å². The van der Waals surface area contributed by atoms with Crippen LogP contribution in [0.5, 0.6) is 0 Å². The lowest BCUT2D eigenvalue weighted by Crippen LogP contribution is -2.33. The second kappa shape index (κ2) is 5.12. The third-order valence-electron chi connectivity index (χ3n) is 5.17. The third kappa shape index (κ3) is 3.11. The molecule has 17 heavy (non-hydrogen) atoms. The molecular formula is C16H28O. The minimum atomic E-state index is 0.435. The van der Waals surface area contributed by atoms with Gasteiger partial charge in [-0.3, -0.25) is 4.79 Å². The number of hydrogen-bond acceptors (Lipinski definition) is 1. The van der Waals surface area contributed by atoms with Crippen LogP contribution >= 0.6 is 0 Å². The van der Waals surface area contributed by atoms with Gasteiger partial charge in [0.25, 0.3) is 0 Å². The lowest BCUT2D eigenvalue weighted by atomic mass is 9.65. The standard InChI is InChI=1S/C16H28O/c1-16(2,3)13-10-8-12(9-11-13)14-6-4-5-7-15(14)17/h12-14H,4-11H2,1-3H3. The average molecular weight is 236 g/mol. The van der Waals surface area contributed by atoms with Crippen molar-refractivity contribution in [3.8, 4) is 0 Å². The summed E-state index contributed by atoms with van der Waals surface area (Å²) in [6, 6.07) is 0. The molecule has 2 saturated carbocycles. The Morgan fingerprint density at radius 2 is 1.59 bits per heavy atom. The van der Waals surface area contributed by atoms with Crippen LogP contribution < -0.4 is 0 Å². The Labute approximate surface area is 106 Å². The topological polar surface area (TPSA) is 17.1 Å². The smallest absolute Gasteiger partial charge is 0.136 e. The fraction of sp³-hybridized carbons (Fsp3) is 0.938. The molecule has 2 aliphatic carbocycles. The summed E-state index contributed by atoms with van der Waals surface area (Å²) in [6.07, 6.45) is 9.78. The van der Waals surface area contributed by atoms with Crippen molar-refractivity contribution in [1.29, 1.82) is 0 Å². The maximum atomic E-state index is 12.0. The SMILES string of the molecule is CC(C)(C)C1CCC(C2CCCCC2=O)CC1. The normalized spacial score (nSPS) is 35.9. The molecule has 2 fully saturated rings. The van der Waals surface area contributed by atoms with E-state index in [-0.39, 0.29) is 0 Å². The molecule has 0 aliphatic heterocycles. The first-order valence-electron chi connectivity index (χ1n) is 7.51. The van der Waals surface area contributed by atoms with Crippen molar-refractivity contribution in [3.63, 3.8) is 0 Å². The summed E-state index contributed by atoms with van der Waals surface area (Å²) in [7, 11) is 0. The molecule has 0 aromatic rings. The molecule has 0 N–H and O–H groups in total. The summed E-state index contributed by atoms with van der Waals surface area (Å²) >= 11 is 0. The molecule has 0 saturated heterocycles. The number of hydrogen-bond donors (Lipinski definition) is 0. The van der Waals surface area contributed by atoms with E-state index in [1.807, 2.05) is 0 Å². The molecule has 0 bridgehead atoms. The van der Waals surface area contributed by atoms with Crippen molar-refractivity contribution in [1.82, 2.24) is 0 Å². The first-order valence-corrected chi connectivity index (χ1v) is 7.51. The van der Waals surface area contributed by atoms with Crippen LogP contribution in [0.1, 0.15) is 72.1 Å². The molecule has 1 nitrogen and oxygen atoms in total. The summed E-state index contributed by atoms with van der Waals surface area (Å²) < 4.78 is 0. The van der Waals surface area contributed by atoms with Gasteiger partial charge in [-0.2, -0.15) is 0 Å². The van der Waals surface area contributed by atoms with E-state index in [1.54, 1.807) is 0 Å². The predicted octanol–water partition coefficient (Wildman–Crippen LogP) is 4.60. The maximum absolute atomic E-state index is 12.0. The second-order valence-corrected chi connectivity index (χ2v) is 7.30. The van der Waals surface area contributed by atoms with E-state index in [4.69, 9.17) is 0 Å². The highest BCUT2D eigenvalue weighted by Crippen LogP contribution is 2.43. The van der Waals surface area contributed by atoms with Gasteiger partial charge < -0.3 is 0 Å². The van der Waals surface area contributed by atoms with Crippen molar-refractivity contribution in [3.05, 3.63) is 0 Å². The van der Waals surface area contributed by atoms with E-state index in [9.17, 15) is 4.79 Å². The molecule has 98 valence electrons. The van der Waals surface area contributed by atoms with E-state index < -0.39 is 0 Å². The molecule has 1 unspecified atom stereocenters. The van der Waals surface area contributed by atoms with Crippen LogP contribution in [-0.4, -0.2) is 5.78 Å². The van der Waals surface area contributed by atoms with Gasteiger partial charge in [0.1, 0.15) is 5.78 Å². The van der Waals surface area contributed by atoms with Crippen molar-refractivity contribution < 1.29 is 4.79 Å². The molecule has 0 radical (unpaired) electrons. The second-order valence-electron chi connectivity index (χ2n) is 7.30. The highest BCUT2D eigenvalue weighted by Gasteiger charge is 2.35. The van der Waals surface area contributed by atoms with Crippen LogP contribution in [0, 0.1) is 23.2 Å². The summed E-state index contributed by atoms with van der Waals surface area (Å²) in [5, 5.41) is 0. The molecule has 2 aliphatic rings. The van der Waals surface area contributed by atoms with Gasteiger partial charge in [0.2, 0.25) is 0 Å². The predicted molar refractivity (Wildman–Crippen MR) is 71.9 cm³/mol. The van der Waals surface area contributed by atoms with Crippen LogP contribution in [0.25, 0.3) is 0 Å². The minimum absolute atomic E-state index is 0.435. The van der Waals surface area contributed by atoms with Crippen molar-refractivity contribution in [2.24, 2.45) is 23.2 Å². The molecule has 1 heteroatoms. The van der Waals surface area contributed by atoms with Crippen molar-refractivity contribution >= 4 is 5.78 Å². The van der Waals surface area contributed by atoms with Gasteiger partial charge in [0, 0.05) is 12.3 Å².